The maximum Gasteiger partial charge on any atom is 0.0159 e. The van der Waals surface area contributed by atoms with E-state index in [4.69, 9.17) is 0 Å². The second-order valence-electron chi connectivity index (χ2n) is 15.6. The van der Waals surface area contributed by atoms with Crippen molar-refractivity contribution in [2.75, 3.05) is 0 Å². The predicted molar refractivity (Wildman–Crippen MR) is 236 cm³/mol. The molecule has 10 aromatic rings. The van der Waals surface area contributed by atoms with Gasteiger partial charge in [-0.25, -0.2) is 0 Å². The quantitative estimate of drug-likeness (QED) is 0.161. The maximum atomic E-state index is 2.41. The first-order valence-electron chi connectivity index (χ1n) is 19.3. The lowest BCUT2D eigenvalue weighted by atomic mass is 9.81. The summed E-state index contributed by atoms with van der Waals surface area (Å²) in [5, 5.41) is 10.2. The molecule has 0 nitrogen and oxygen atoms in total. The third-order valence-electron chi connectivity index (χ3n) is 12.3. The molecule has 1 aliphatic rings. The van der Waals surface area contributed by atoms with Gasteiger partial charge >= 0.3 is 0 Å². The van der Waals surface area contributed by atoms with E-state index in [2.05, 4.69) is 208 Å². The molecule has 0 N–H and O–H groups in total. The van der Waals surface area contributed by atoms with Gasteiger partial charge < -0.3 is 0 Å². The van der Waals surface area contributed by atoms with Crippen molar-refractivity contribution in [3.63, 3.8) is 0 Å². The smallest absolute Gasteiger partial charge is 0.0159 e. The molecule has 11 rings (SSSR count). The molecule has 10 aromatic carbocycles. The zero-order valence-electron chi connectivity index (χ0n) is 31.0. The van der Waals surface area contributed by atoms with Crippen molar-refractivity contribution in [2.45, 2.75) is 19.3 Å². The third-order valence-corrected chi connectivity index (χ3v) is 12.3. The highest BCUT2D eigenvalue weighted by molar-refractivity contribution is 6.21. The fourth-order valence-corrected chi connectivity index (χ4v) is 9.57. The van der Waals surface area contributed by atoms with Gasteiger partial charge in [0.05, 0.1) is 0 Å². The largest absolute Gasteiger partial charge is 0.0616 e. The summed E-state index contributed by atoms with van der Waals surface area (Å²) >= 11 is 0. The highest BCUT2D eigenvalue weighted by Crippen LogP contribution is 2.53. The number of hydrogen-bond donors (Lipinski definition) is 0. The molecule has 0 saturated carbocycles. The van der Waals surface area contributed by atoms with Gasteiger partial charge in [0.2, 0.25) is 0 Å². The Hall–Kier alpha value is -6.76. The van der Waals surface area contributed by atoms with Gasteiger partial charge in [0.25, 0.3) is 0 Å². The second kappa shape index (κ2) is 12.1. The summed E-state index contributed by atoms with van der Waals surface area (Å²) in [6, 6.07) is 72.1. The van der Waals surface area contributed by atoms with Crippen LogP contribution in [0.4, 0.5) is 0 Å². The van der Waals surface area contributed by atoms with Crippen molar-refractivity contribution in [1.29, 1.82) is 0 Å². The van der Waals surface area contributed by atoms with Crippen LogP contribution in [0.5, 0.6) is 0 Å². The Morgan fingerprint density at radius 2 is 0.691 bits per heavy atom. The van der Waals surface area contributed by atoms with Crippen molar-refractivity contribution in [3.8, 4) is 55.6 Å². The summed E-state index contributed by atoms with van der Waals surface area (Å²) in [5.74, 6) is 0. The molecule has 0 saturated heterocycles. The Labute approximate surface area is 322 Å². The molecule has 0 unspecified atom stereocenters. The zero-order chi connectivity index (χ0) is 36.7. The molecule has 0 atom stereocenters. The van der Waals surface area contributed by atoms with E-state index in [0.717, 1.165) is 0 Å². The van der Waals surface area contributed by atoms with Gasteiger partial charge in [-0.15, -0.1) is 0 Å². The summed E-state index contributed by atoms with van der Waals surface area (Å²) in [6.07, 6.45) is 0. The van der Waals surface area contributed by atoms with Crippen LogP contribution in [0.1, 0.15) is 25.0 Å². The fourth-order valence-electron chi connectivity index (χ4n) is 9.57. The summed E-state index contributed by atoms with van der Waals surface area (Å²) < 4.78 is 0. The first kappa shape index (κ1) is 31.7. The first-order chi connectivity index (χ1) is 27.0. The molecule has 0 aliphatic heterocycles. The van der Waals surface area contributed by atoms with Crippen molar-refractivity contribution in [1.82, 2.24) is 0 Å². The molecular weight excluding hydrogens is 661 g/mol. The number of fused-ring (bicyclic) bond motifs is 7. The van der Waals surface area contributed by atoms with E-state index in [0.29, 0.717) is 0 Å². The van der Waals surface area contributed by atoms with E-state index in [1.807, 2.05) is 0 Å². The number of hydrogen-bond acceptors (Lipinski definition) is 0. The van der Waals surface area contributed by atoms with Crippen molar-refractivity contribution >= 4 is 43.1 Å². The van der Waals surface area contributed by atoms with Crippen LogP contribution in [0.2, 0.25) is 0 Å². The highest BCUT2D eigenvalue weighted by atomic mass is 14.4. The van der Waals surface area contributed by atoms with Crippen molar-refractivity contribution in [2.24, 2.45) is 0 Å². The SMILES string of the molecule is CC1(C)c2cc3ccccc3cc2-c2c(-c3ccc(-c4c5ccccc5c(-c5ccc(-c6cccc7ccccc67)cc5)c5ccccc45)cc3)cccc21. The van der Waals surface area contributed by atoms with Gasteiger partial charge in [-0.2, -0.15) is 0 Å². The normalized spacial score (nSPS) is 13.1. The summed E-state index contributed by atoms with van der Waals surface area (Å²) in [4.78, 5) is 0. The van der Waals surface area contributed by atoms with Crippen molar-refractivity contribution < 1.29 is 0 Å². The minimum absolute atomic E-state index is 0.0690. The van der Waals surface area contributed by atoms with Gasteiger partial charge in [-0.05, 0) is 122 Å². The molecule has 0 heteroatoms. The predicted octanol–water partition coefficient (Wildman–Crippen LogP) is 15.3. The average Bonchev–Trinajstić information content (AvgIpc) is 3.47. The Bertz CT molecular complexity index is 3080. The third kappa shape index (κ3) is 4.85. The van der Waals surface area contributed by atoms with E-state index in [9.17, 15) is 0 Å². The highest BCUT2D eigenvalue weighted by Gasteiger charge is 2.37. The first-order valence-corrected chi connectivity index (χ1v) is 19.3. The van der Waals surface area contributed by atoms with Crippen LogP contribution in [-0.2, 0) is 5.41 Å². The summed E-state index contributed by atoms with van der Waals surface area (Å²) in [7, 11) is 0. The van der Waals surface area contributed by atoms with Gasteiger partial charge in [-0.3, -0.25) is 0 Å². The molecule has 0 aromatic heterocycles. The molecule has 0 fully saturated rings. The van der Waals surface area contributed by atoms with Crippen molar-refractivity contribution in [3.05, 3.63) is 205 Å². The molecule has 0 radical (unpaired) electrons. The lowest BCUT2D eigenvalue weighted by molar-refractivity contribution is 0.661. The monoisotopic (exact) mass is 698 g/mol. The molecular formula is C55H38. The van der Waals surface area contributed by atoms with Crippen LogP contribution in [0, 0.1) is 0 Å². The fraction of sp³-hybridized carbons (Fsp3) is 0.0545. The molecule has 0 bridgehead atoms. The molecule has 0 amide bonds. The molecule has 1 aliphatic carbocycles. The maximum absolute atomic E-state index is 2.41. The van der Waals surface area contributed by atoms with E-state index >= 15 is 0 Å². The zero-order valence-corrected chi connectivity index (χ0v) is 31.0. The van der Waals surface area contributed by atoms with E-state index in [1.165, 1.54) is 110 Å². The van der Waals surface area contributed by atoms with Crippen LogP contribution in [0.15, 0.2) is 194 Å². The number of rotatable bonds is 4. The van der Waals surface area contributed by atoms with E-state index in [1.54, 1.807) is 0 Å². The van der Waals surface area contributed by atoms with Crippen LogP contribution < -0.4 is 0 Å². The molecule has 0 spiro atoms. The molecule has 258 valence electrons. The topological polar surface area (TPSA) is 0 Å². The van der Waals surface area contributed by atoms with Gasteiger partial charge in [0.1, 0.15) is 0 Å². The van der Waals surface area contributed by atoms with Crippen LogP contribution in [0.25, 0.3) is 98.7 Å². The standard InChI is InChI=1S/C55H38/c1-55(2)50-24-12-23-44(54(50)49-33-40-14-3-4-15-41(40)34-51(49)55)37-27-31-39(32-28-37)53-47-20-9-7-18-45(47)52(46-19-8-10-21-48(46)53)38-29-25-36(26-30-38)43-22-11-16-35-13-5-6-17-42(35)43/h3-34H,1-2H3. The minimum Gasteiger partial charge on any atom is -0.0616 e. The van der Waals surface area contributed by atoms with E-state index < -0.39 is 0 Å². The molecule has 55 heavy (non-hydrogen) atoms. The Balaban J connectivity index is 1.04. The second-order valence-corrected chi connectivity index (χ2v) is 15.6. The van der Waals surface area contributed by atoms with Crippen LogP contribution >= 0.6 is 0 Å². The molecule has 0 heterocycles. The summed E-state index contributed by atoms with van der Waals surface area (Å²) in [5.41, 5.74) is 15.5. The lowest BCUT2D eigenvalue weighted by Crippen LogP contribution is -2.14. The number of benzene rings is 10. The van der Waals surface area contributed by atoms with Gasteiger partial charge in [-0.1, -0.05) is 196 Å². The van der Waals surface area contributed by atoms with Crippen LogP contribution in [-0.4, -0.2) is 0 Å². The Morgan fingerprint density at radius 3 is 1.27 bits per heavy atom. The lowest BCUT2D eigenvalue weighted by Gasteiger charge is -2.22. The van der Waals surface area contributed by atoms with Gasteiger partial charge in [0.15, 0.2) is 0 Å². The average molecular weight is 699 g/mol. The minimum atomic E-state index is -0.0690. The van der Waals surface area contributed by atoms with Gasteiger partial charge in [0, 0.05) is 5.41 Å². The summed E-state index contributed by atoms with van der Waals surface area (Å²) in [6.45, 7) is 4.75. The Morgan fingerprint density at radius 1 is 0.273 bits per heavy atom. The Kier molecular flexibility index (Phi) is 7.00. The van der Waals surface area contributed by atoms with Crippen LogP contribution in [0.3, 0.4) is 0 Å². The van der Waals surface area contributed by atoms with E-state index in [-0.39, 0.29) is 5.41 Å².